The summed E-state index contributed by atoms with van der Waals surface area (Å²) in [5.74, 6) is 1.66. The molecule has 7 heteroatoms. The second-order valence-electron chi connectivity index (χ2n) is 6.14. The van der Waals surface area contributed by atoms with Crippen molar-refractivity contribution in [3.8, 4) is 0 Å². The number of benzene rings is 1. The molecular formula is C17H21N7. The standard InChI is InChI=1S/C17H21N7/c1-2-4-16(11-23-13-19-12-22-23)15(3-1)9-18-7-14-8-20-17-5-6-21-24(17)10-14/h1-6,12-14,18,20H,7-11H2/t14-/m1/s1. The summed E-state index contributed by atoms with van der Waals surface area (Å²) >= 11 is 0. The van der Waals surface area contributed by atoms with E-state index in [0.717, 1.165) is 38.5 Å². The molecule has 2 aromatic heterocycles. The third-order valence-corrected chi connectivity index (χ3v) is 4.39. The molecule has 1 aliphatic rings. The highest BCUT2D eigenvalue weighted by Gasteiger charge is 2.17. The fraction of sp³-hybridized carbons (Fsp3) is 0.353. The van der Waals surface area contributed by atoms with E-state index in [-0.39, 0.29) is 0 Å². The maximum atomic E-state index is 4.34. The largest absolute Gasteiger partial charge is 0.370 e. The lowest BCUT2D eigenvalue weighted by molar-refractivity contribution is 0.391. The van der Waals surface area contributed by atoms with Crippen molar-refractivity contribution in [1.29, 1.82) is 0 Å². The fourth-order valence-electron chi connectivity index (χ4n) is 3.11. The van der Waals surface area contributed by atoms with Gasteiger partial charge >= 0.3 is 0 Å². The van der Waals surface area contributed by atoms with Crippen LogP contribution in [0.5, 0.6) is 0 Å². The SMILES string of the molecule is c1ccc(Cn2cncn2)c(CNC[C@@H]2CNc3ccnn3C2)c1. The highest BCUT2D eigenvalue weighted by molar-refractivity contribution is 5.35. The average Bonchev–Trinajstić information content (AvgIpc) is 3.27. The number of rotatable bonds is 6. The van der Waals surface area contributed by atoms with Crippen molar-refractivity contribution < 1.29 is 0 Å². The van der Waals surface area contributed by atoms with Gasteiger partial charge < -0.3 is 10.6 Å². The van der Waals surface area contributed by atoms with Gasteiger partial charge in [-0.2, -0.15) is 10.2 Å². The molecule has 7 nitrogen and oxygen atoms in total. The summed E-state index contributed by atoms with van der Waals surface area (Å²) in [5.41, 5.74) is 2.57. The molecule has 0 spiro atoms. The van der Waals surface area contributed by atoms with Crippen LogP contribution in [0.2, 0.25) is 0 Å². The van der Waals surface area contributed by atoms with Crippen LogP contribution < -0.4 is 10.6 Å². The predicted octanol–water partition coefficient (Wildman–Crippen LogP) is 1.35. The van der Waals surface area contributed by atoms with Crippen molar-refractivity contribution in [2.45, 2.75) is 19.6 Å². The number of fused-ring (bicyclic) bond motifs is 1. The molecule has 0 unspecified atom stereocenters. The molecular weight excluding hydrogens is 302 g/mol. The average molecular weight is 323 g/mol. The predicted molar refractivity (Wildman–Crippen MR) is 91.5 cm³/mol. The fourth-order valence-corrected chi connectivity index (χ4v) is 3.11. The molecule has 24 heavy (non-hydrogen) atoms. The van der Waals surface area contributed by atoms with Gasteiger partial charge in [-0.3, -0.25) is 0 Å². The molecule has 1 aliphatic heterocycles. The molecule has 1 aromatic carbocycles. The van der Waals surface area contributed by atoms with Crippen LogP contribution in [0.4, 0.5) is 5.82 Å². The van der Waals surface area contributed by atoms with Gasteiger partial charge in [0.15, 0.2) is 0 Å². The Hall–Kier alpha value is -2.67. The van der Waals surface area contributed by atoms with Crippen LogP contribution in [0.25, 0.3) is 0 Å². The van der Waals surface area contributed by atoms with Crippen molar-refractivity contribution in [2.75, 3.05) is 18.4 Å². The van der Waals surface area contributed by atoms with E-state index < -0.39 is 0 Å². The Labute approximate surface area is 140 Å². The second kappa shape index (κ2) is 6.84. The smallest absolute Gasteiger partial charge is 0.137 e. The Morgan fingerprint density at radius 3 is 2.96 bits per heavy atom. The number of nitrogens with one attached hydrogen (secondary N) is 2. The molecule has 0 amide bonds. The Balaban J connectivity index is 1.33. The lowest BCUT2D eigenvalue weighted by Gasteiger charge is -2.25. The maximum Gasteiger partial charge on any atom is 0.137 e. The van der Waals surface area contributed by atoms with Gasteiger partial charge in [-0.1, -0.05) is 24.3 Å². The van der Waals surface area contributed by atoms with Gasteiger partial charge in [0.1, 0.15) is 18.5 Å². The lowest BCUT2D eigenvalue weighted by atomic mass is 10.1. The van der Waals surface area contributed by atoms with Gasteiger partial charge in [-0.15, -0.1) is 0 Å². The van der Waals surface area contributed by atoms with Gasteiger partial charge in [0, 0.05) is 38.2 Å². The van der Waals surface area contributed by atoms with Crippen molar-refractivity contribution in [3.05, 3.63) is 60.3 Å². The Morgan fingerprint density at radius 1 is 1.17 bits per heavy atom. The van der Waals surface area contributed by atoms with Crippen LogP contribution in [0.3, 0.4) is 0 Å². The summed E-state index contributed by atoms with van der Waals surface area (Å²) in [6, 6.07) is 10.5. The second-order valence-corrected chi connectivity index (χ2v) is 6.14. The topological polar surface area (TPSA) is 72.6 Å². The van der Waals surface area contributed by atoms with Crippen LogP contribution >= 0.6 is 0 Å². The minimum atomic E-state index is 0.542. The highest BCUT2D eigenvalue weighted by atomic mass is 15.3. The molecule has 4 rings (SSSR count). The van der Waals surface area contributed by atoms with E-state index in [0.29, 0.717) is 5.92 Å². The van der Waals surface area contributed by atoms with E-state index >= 15 is 0 Å². The minimum absolute atomic E-state index is 0.542. The van der Waals surface area contributed by atoms with Crippen LogP contribution in [0.1, 0.15) is 11.1 Å². The summed E-state index contributed by atoms with van der Waals surface area (Å²) in [4.78, 5) is 4.01. The maximum absolute atomic E-state index is 4.34. The summed E-state index contributed by atoms with van der Waals surface area (Å²) in [6.45, 7) is 4.51. The quantitative estimate of drug-likeness (QED) is 0.716. The van der Waals surface area contributed by atoms with Crippen molar-refractivity contribution in [1.82, 2.24) is 29.9 Å². The Bertz CT molecular complexity index is 778. The molecule has 1 atom stereocenters. The van der Waals surface area contributed by atoms with E-state index in [4.69, 9.17) is 0 Å². The molecule has 2 N–H and O–H groups in total. The van der Waals surface area contributed by atoms with Gasteiger partial charge in [-0.25, -0.2) is 14.3 Å². The first kappa shape index (κ1) is 14.9. The number of hydrogen-bond donors (Lipinski definition) is 2. The van der Waals surface area contributed by atoms with Crippen LogP contribution in [-0.2, 0) is 19.6 Å². The highest BCUT2D eigenvalue weighted by Crippen LogP contribution is 2.16. The summed E-state index contributed by atoms with van der Waals surface area (Å²) < 4.78 is 3.89. The van der Waals surface area contributed by atoms with Crippen molar-refractivity contribution >= 4 is 5.82 Å². The van der Waals surface area contributed by atoms with Crippen LogP contribution in [0.15, 0.2) is 49.2 Å². The van der Waals surface area contributed by atoms with Crippen molar-refractivity contribution in [3.63, 3.8) is 0 Å². The summed E-state index contributed by atoms with van der Waals surface area (Å²) in [6.07, 6.45) is 5.17. The molecule has 0 saturated carbocycles. The molecule has 0 aliphatic carbocycles. The van der Waals surface area contributed by atoms with Crippen molar-refractivity contribution in [2.24, 2.45) is 5.92 Å². The van der Waals surface area contributed by atoms with E-state index in [1.165, 1.54) is 11.1 Å². The van der Waals surface area contributed by atoms with Crippen LogP contribution in [0, 0.1) is 5.92 Å². The molecule has 0 radical (unpaired) electrons. The van der Waals surface area contributed by atoms with E-state index in [1.807, 2.05) is 21.6 Å². The Kier molecular flexibility index (Phi) is 4.24. The summed E-state index contributed by atoms with van der Waals surface area (Å²) in [7, 11) is 0. The molecule has 0 bridgehead atoms. The van der Waals surface area contributed by atoms with Gasteiger partial charge in [0.2, 0.25) is 0 Å². The number of anilines is 1. The van der Waals surface area contributed by atoms with Gasteiger partial charge in [-0.05, 0) is 11.1 Å². The zero-order valence-corrected chi connectivity index (χ0v) is 13.5. The normalized spacial score (nSPS) is 16.6. The monoisotopic (exact) mass is 323 g/mol. The molecule has 3 heterocycles. The molecule has 3 aromatic rings. The zero-order valence-electron chi connectivity index (χ0n) is 13.5. The third kappa shape index (κ3) is 3.30. The number of hydrogen-bond acceptors (Lipinski definition) is 5. The van der Waals surface area contributed by atoms with Crippen LogP contribution in [-0.4, -0.2) is 37.6 Å². The number of aromatic nitrogens is 5. The number of nitrogens with zero attached hydrogens (tertiary/aromatic N) is 5. The van der Waals surface area contributed by atoms with Gasteiger partial charge in [0.05, 0.1) is 12.7 Å². The summed E-state index contributed by atoms with van der Waals surface area (Å²) in [5, 5.41) is 15.5. The minimum Gasteiger partial charge on any atom is -0.370 e. The van der Waals surface area contributed by atoms with E-state index in [9.17, 15) is 0 Å². The van der Waals surface area contributed by atoms with E-state index in [2.05, 4.69) is 50.1 Å². The third-order valence-electron chi connectivity index (χ3n) is 4.39. The first-order chi connectivity index (χ1) is 11.9. The molecule has 124 valence electrons. The molecule has 0 fully saturated rings. The molecule has 0 saturated heterocycles. The zero-order chi connectivity index (χ0) is 16.2. The first-order valence-electron chi connectivity index (χ1n) is 8.24. The van der Waals surface area contributed by atoms with E-state index in [1.54, 1.807) is 12.7 Å². The Morgan fingerprint density at radius 2 is 2.08 bits per heavy atom. The van der Waals surface area contributed by atoms with Gasteiger partial charge in [0.25, 0.3) is 0 Å². The first-order valence-corrected chi connectivity index (χ1v) is 8.24. The lowest BCUT2D eigenvalue weighted by Crippen LogP contribution is -2.35.